The molecule has 0 amide bonds. The molecule has 14 heavy (non-hydrogen) atoms. The van der Waals surface area contributed by atoms with Crippen LogP contribution in [-0.4, -0.2) is 36.9 Å². The van der Waals surface area contributed by atoms with E-state index in [0.29, 0.717) is 6.42 Å². The van der Waals surface area contributed by atoms with Crippen molar-refractivity contribution in [3.8, 4) is 0 Å². The van der Waals surface area contributed by atoms with Gasteiger partial charge in [0.05, 0.1) is 0 Å². The van der Waals surface area contributed by atoms with Crippen molar-refractivity contribution in [1.82, 2.24) is 10.2 Å². The minimum absolute atomic E-state index is 0.267. The Morgan fingerprint density at radius 1 is 1.50 bits per heavy atom. The van der Waals surface area contributed by atoms with E-state index in [4.69, 9.17) is 0 Å². The van der Waals surface area contributed by atoms with Crippen LogP contribution in [0.2, 0.25) is 0 Å². The molecule has 0 heterocycles. The normalized spacial score (nSPS) is 21.6. The molecular formula is C11H18N2O. The van der Waals surface area contributed by atoms with E-state index in [2.05, 4.69) is 17.3 Å². The summed E-state index contributed by atoms with van der Waals surface area (Å²) in [5.41, 5.74) is 1.12. The number of carbonyl (C=O) groups excluding carboxylic acids is 1. The lowest BCUT2D eigenvalue weighted by Gasteiger charge is -2.16. The molecule has 2 aliphatic rings. The lowest BCUT2D eigenvalue weighted by molar-refractivity contribution is -0.114. The highest BCUT2D eigenvalue weighted by molar-refractivity contribution is 5.92. The van der Waals surface area contributed by atoms with Gasteiger partial charge >= 0.3 is 0 Å². The summed E-state index contributed by atoms with van der Waals surface area (Å²) in [5, 5.41) is 3.32. The molecule has 1 N–H and O–H groups in total. The number of nitrogens with zero attached hydrogens (tertiary/aromatic N) is 1. The van der Waals surface area contributed by atoms with Crippen molar-refractivity contribution < 1.29 is 4.79 Å². The molecule has 0 aromatic rings. The van der Waals surface area contributed by atoms with E-state index in [1.807, 2.05) is 0 Å². The molecule has 0 spiro atoms. The fourth-order valence-corrected chi connectivity index (χ4v) is 1.83. The van der Waals surface area contributed by atoms with Gasteiger partial charge in [0, 0.05) is 37.3 Å². The SMILES string of the molecule is CN(CCNC1=CC(=O)CC1)C1CC1. The molecule has 78 valence electrons. The first kappa shape index (κ1) is 9.71. The van der Waals surface area contributed by atoms with Gasteiger partial charge in [-0.25, -0.2) is 0 Å². The Kier molecular flexibility index (Phi) is 2.87. The molecule has 0 aliphatic heterocycles. The van der Waals surface area contributed by atoms with Crippen molar-refractivity contribution in [3.05, 3.63) is 11.8 Å². The third-order valence-corrected chi connectivity index (χ3v) is 2.96. The van der Waals surface area contributed by atoms with E-state index in [-0.39, 0.29) is 5.78 Å². The van der Waals surface area contributed by atoms with E-state index in [9.17, 15) is 4.79 Å². The third-order valence-electron chi connectivity index (χ3n) is 2.96. The Balaban J connectivity index is 1.62. The van der Waals surface area contributed by atoms with E-state index in [1.54, 1.807) is 6.08 Å². The van der Waals surface area contributed by atoms with Crippen molar-refractivity contribution in [2.75, 3.05) is 20.1 Å². The van der Waals surface area contributed by atoms with Crippen LogP contribution in [0.5, 0.6) is 0 Å². The largest absolute Gasteiger partial charge is 0.387 e. The van der Waals surface area contributed by atoms with Crippen molar-refractivity contribution in [3.63, 3.8) is 0 Å². The molecule has 1 fully saturated rings. The maximum Gasteiger partial charge on any atom is 0.157 e. The zero-order chi connectivity index (χ0) is 9.97. The quantitative estimate of drug-likeness (QED) is 0.706. The number of rotatable bonds is 5. The number of allylic oxidation sites excluding steroid dienone is 2. The summed E-state index contributed by atoms with van der Waals surface area (Å²) >= 11 is 0. The predicted molar refractivity (Wildman–Crippen MR) is 56.0 cm³/mol. The van der Waals surface area contributed by atoms with Gasteiger partial charge in [0.15, 0.2) is 5.78 Å². The first-order chi connectivity index (χ1) is 6.75. The van der Waals surface area contributed by atoms with E-state index >= 15 is 0 Å². The Bertz CT molecular complexity index is 256. The number of hydrogen-bond acceptors (Lipinski definition) is 3. The first-order valence-electron chi connectivity index (χ1n) is 5.43. The summed E-state index contributed by atoms with van der Waals surface area (Å²) in [7, 11) is 2.17. The third kappa shape index (κ3) is 2.58. The molecule has 2 aliphatic carbocycles. The van der Waals surface area contributed by atoms with Gasteiger partial charge in [-0.1, -0.05) is 0 Å². The summed E-state index contributed by atoms with van der Waals surface area (Å²) in [6, 6.07) is 0.830. The molecule has 2 rings (SSSR count). The molecule has 0 saturated heterocycles. The Morgan fingerprint density at radius 3 is 2.86 bits per heavy atom. The van der Waals surface area contributed by atoms with Crippen molar-refractivity contribution in [1.29, 1.82) is 0 Å². The monoisotopic (exact) mass is 194 g/mol. The minimum Gasteiger partial charge on any atom is -0.387 e. The van der Waals surface area contributed by atoms with Crippen LogP contribution in [0, 0.1) is 0 Å². The summed E-state index contributed by atoms with van der Waals surface area (Å²) in [4.78, 5) is 13.3. The second kappa shape index (κ2) is 4.13. The van der Waals surface area contributed by atoms with Gasteiger partial charge in [0.25, 0.3) is 0 Å². The lowest BCUT2D eigenvalue weighted by Crippen LogP contribution is -2.30. The van der Waals surface area contributed by atoms with Crippen molar-refractivity contribution in [2.24, 2.45) is 0 Å². The van der Waals surface area contributed by atoms with Crippen LogP contribution in [-0.2, 0) is 4.79 Å². The van der Waals surface area contributed by atoms with Crippen LogP contribution >= 0.6 is 0 Å². The number of hydrogen-bond donors (Lipinski definition) is 1. The highest BCUT2D eigenvalue weighted by Gasteiger charge is 2.25. The Hall–Kier alpha value is -0.830. The highest BCUT2D eigenvalue weighted by atomic mass is 16.1. The van der Waals surface area contributed by atoms with Gasteiger partial charge in [-0.2, -0.15) is 0 Å². The first-order valence-corrected chi connectivity index (χ1v) is 5.43. The fraction of sp³-hybridized carbons (Fsp3) is 0.727. The summed E-state index contributed by atoms with van der Waals surface area (Å²) in [6.45, 7) is 2.04. The minimum atomic E-state index is 0.267. The van der Waals surface area contributed by atoms with Crippen LogP contribution in [0.25, 0.3) is 0 Å². The van der Waals surface area contributed by atoms with Gasteiger partial charge in [-0.3, -0.25) is 4.79 Å². The summed E-state index contributed by atoms with van der Waals surface area (Å²) in [5.74, 6) is 0.267. The van der Waals surface area contributed by atoms with Crippen LogP contribution < -0.4 is 5.32 Å². The average Bonchev–Trinajstić information content (AvgIpc) is 2.92. The van der Waals surface area contributed by atoms with Crippen LogP contribution in [0.15, 0.2) is 11.8 Å². The summed E-state index contributed by atoms with van der Waals surface area (Å²) in [6.07, 6.45) is 6.07. The lowest BCUT2D eigenvalue weighted by atomic mass is 10.3. The van der Waals surface area contributed by atoms with Crippen LogP contribution in [0.3, 0.4) is 0 Å². The second-order valence-corrected chi connectivity index (χ2v) is 4.27. The number of ketones is 1. The van der Waals surface area contributed by atoms with E-state index in [0.717, 1.165) is 31.2 Å². The van der Waals surface area contributed by atoms with Crippen LogP contribution in [0.1, 0.15) is 25.7 Å². The van der Waals surface area contributed by atoms with Gasteiger partial charge in [0.2, 0.25) is 0 Å². The van der Waals surface area contributed by atoms with Gasteiger partial charge in [-0.05, 0) is 26.3 Å². The maximum atomic E-state index is 10.9. The molecule has 0 unspecified atom stereocenters. The van der Waals surface area contributed by atoms with E-state index < -0.39 is 0 Å². The second-order valence-electron chi connectivity index (χ2n) is 4.27. The van der Waals surface area contributed by atoms with E-state index in [1.165, 1.54) is 12.8 Å². The summed E-state index contributed by atoms with van der Waals surface area (Å²) < 4.78 is 0. The topological polar surface area (TPSA) is 32.3 Å². The Labute approximate surface area is 85.2 Å². The number of carbonyl (C=O) groups is 1. The highest BCUT2D eigenvalue weighted by Crippen LogP contribution is 2.24. The fourth-order valence-electron chi connectivity index (χ4n) is 1.83. The molecule has 0 aromatic heterocycles. The number of nitrogens with one attached hydrogen (secondary N) is 1. The predicted octanol–water partition coefficient (Wildman–Crippen LogP) is 0.917. The van der Waals surface area contributed by atoms with Crippen molar-refractivity contribution in [2.45, 2.75) is 31.7 Å². The molecule has 3 heteroatoms. The van der Waals surface area contributed by atoms with Gasteiger partial charge < -0.3 is 10.2 Å². The molecule has 3 nitrogen and oxygen atoms in total. The number of likely N-dealkylation sites (N-methyl/N-ethyl adjacent to an activating group) is 1. The molecular weight excluding hydrogens is 176 g/mol. The molecule has 0 bridgehead atoms. The Morgan fingerprint density at radius 2 is 2.29 bits per heavy atom. The average molecular weight is 194 g/mol. The maximum absolute atomic E-state index is 10.9. The van der Waals surface area contributed by atoms with Gasteiger partial charge in [0.1, 0.15) is 0 Å². The molecule has 0 atom stereocenters. The van der Waals surface area contributed by atoms with Crippen LogP contribution in [0.4, 0.5) is 0 Å². The zero-order valence-electron chi connectivity index (χ0n) is 8.75. The molecule has 1 saturated carbocycles. The van der Waals surface area contributed by atoms with Crippen molar-refractivity contribution >= 4 is 5.78 Å². The van der Waals surface area contributed by atoms with Gasteiger partial charge in [-0.15, -0.1) is 0 Å². The molecule has 0 radical (unpaired) electrons. The smallest absolute Gasteiger partial charge is 0.157 e. The standard InChI is InChI=1S/C11H18N2O/c1-13(10-3-4-10)7-6-12-9-2-5-11(14)8-9/h8,10,12H,2-7H2,1H3. The molecule has 0 aromatic carbocycles. The zero-order valence-corrected chi connectivity index (χ0v) is 8.75.